The number of hydrogen-bond donors (Lipinski definition) is 2. The van der Waals surface area contributed by atoms with Gasteiger partial charge >= 0.3 is 5.97 Å². The number of carbonyl (C=O) groups is 3. The predicted octanol–water partition coefficient (Wildman–Crippen LogP) is 6.10. The number of esters is 1. The molecule has 0 atom stereocenters. The van der Waals surface area contributed by atoms with Crippen molar-refractivity contribution in [3.63, 3.8) is 0 Å². The van der Waals surface area contributed by atoms with E-state index in [4.69, 9.17) is 21.1 Å². The third kappa shape index (κ3) is 7.60. The molecule has 0 heterocycles. The van der Waals surface area contributed by atoms with Gasteiger partial charge in [-0.05, 0) is 76.9 Å². The Hall–Kier alpha value is -3.36. The molecular formula is C25H22BrClN2O5. The van der Waals surface area contributed by atoms with Gasteiger partial charge in [-0.3, -0.25) is 14.4 Å². The van der Waals surface area contributed by atoms with Crippen molar-refractivity contribution in [2.45, 2.75) is 19.8 Å². The Kier molecular flexibility index (Phi) is 9.07. The van der Waals surface area contributed by atoms with Crippen molar-refractivity contribution in [1.82, 2.24) is 0 Å². The van der Waals surface area contributed by atoms with E-state index in [0.29, 0.717) is 37.9 Å². The zero-order chi connectivity index (χ0) is 24.5. The fraction of sp³-hybridized carbons (Fsp3) is 0.160. The molecule has 0 aliphatic heterocycles. The number of ether oxygens (including phenoxy) is 2. The van der Waals surface area contributed by atoms with Crippen LogP contribution >= 0.6 is 27.5 Å². The molecule has 3 rings (SSSR count). The number of anilines is 2. The minimum absolute atomic E-state index is 0.0792. The smallest absolute Gasteiger partial charge is 0.306 e. The van der Waals surface area contributed by atoms with Crippen LogP contribution in [0.4, 0.5) is 11.4 Å². The van der Waals surface area contributed by atoms with Crippen LogP contribution in [0.3, 0.4) is 0 Å². The van der Waals surface area contributed by atoms with Gasteiger partial charge in [0.05, 0.1) is 11.4 Å². The minimum atomic E-state index is -0.650. The molecule has 9 heteroatoms. The van der Waals surface area contributed by atoms with Crippen molar-refractivity contribution >= 4 is 56.7 Å². The second-order valence-corrected chi connectivity index (χ2v) is 8.46. The highest BCUT2D eigenvalue weighted by Gasteiger charge is 2.13. The standard InChI is InChI=1S/C25H22BrClN2O5/c1-16-21(12-11-20(26)25(16)27)29-23(31)15-33-24(32)14-13-22(30)28-17-7-9-19(10-8-17)34-18-5-3-2-4-6-18/h2-12H,13-15H2,1H3,(H,28,30)(H,29,31). The topological polar surface area (TPSA) is 93.7 Å². The molecule has 176 valence electrons. The summed E-state index contributed by atoms with van der Waals surface area (Å²) in [5.74, 6) is -0.160. The van der Waals surface area contributed by atoms with Gasteiger partial charge in [-0.15, -0.1) is 0 Å². The summed E-state index contributed by atoms with van der Waals surface area (Å²) in [5, 5.41) is 5.83. The third-order valence-electron chi connectivity index (χ3n) is 4.65. The fourth-order valence-corrected chi connectivity index (χ4v) is 3.46. The van der Waals surface area contributed by atoms with Gasteiger partial charge in [-0.2, -0.15) is 0 Å². The molecule has 0 radical (unpaired) electrons. The van der Waals surface area contributed by atoms with E-state index in [2.05, 4.69) is 26.6 Å². The van der Waals surface area contributed by atoms with E-state index >= 15 is 0 Å². The molecule has 0 unspecified atom stereocenters. The second kappa shape index (κ2) is 12.2. The summed E-state index contributed by atoms with van der Waals surface area (Å²) in [6.07, 6.45) is -0.235. The lowest BCUT2D eigenvalue weighted by molar-refractivity contribution is -0.147. The number of carbonyl (C=O) groups excluding carboxylic acids is 3. The van der Waals surface area contributed by atoms with Gasteiger partial charge in [0.1, 0.15) is 11.5 Å². The van der Waals surface area contributed by atoms with E-state index in [1.54, 1.807) is 43.3 Å². The van der Waals surface area contributed by atoms with Gasteiger partial charge in [0.2, 0.25) is 5.91 Å². The van der Waals surface area contributed by atoms with Crippen molar-refractivity contribution in [3.8, 4) is 11.5 Å². The zero-order valence-electron chi connectivity index (χ0n) is 18.3. The molecule has 0 bridgehead atoms. The number of nitrogens with one attached hydrogen (secondary N) is 2. The van der Waals surface area contributed by atoms with Crippen molar-refractivity contribution in [2.24, 2.45) is 0 Å². The Morgan fingerprint density at radius 3 is 2.24 bits per heavy atom. The number of benzene rings is 3. The number of amides is 2. The van der Waals surface area contributed by atoms with Gasteiger partial charge in [0.15, 0.2) is 6.61 Å². The zero-order valence-corrected chi connectivity index (χ0v) is 20.6. The SMILES string of the molecule is Cc1c(NC(=O)COC(=O)CCC(=O)Nc2ccc(Oc3ccccc3)cc2)ccc(Br)c1Cl. The molecule has 7 nitrogen and oxygen atoms in total. The van der Waals surface area contributed by atoms with Crippen LogP contribution in [0.25, 0.3) is 0 Å². The number of halogens is 2. The molecule has 0 spiro atoms. The first-order valence-electron chi connectivity index (χ1n) is 10.3. The molecule has 0 aliphatic carbocycles. The summed E-state index contributed by atoms with van der Waals surface area (Å²) in [5.41, 5.74) is 1.78. The summed E-state index contributed by atoms with van der Waals surface area (Å²) in [6.45, 7) is 1.30. The van der Waals surface area contributed by atoms with E-state index in [1.807, 2.05) is 30.3 Å². The second-order valence-electron chi connectivity index (χ2n) is 7.23. The van der Waals surface area contributed by atoms with Crippen LogP contribution in [0.5, 0.6) is 11.5 Å². The van der Waals surface area contributed by atoms with Crippen molar-refractivity contribution < 1.29 is 23.9 Å². The fourth-order valence-electron chi connectivity index (χ4n) is 2.86. The molecule has 0 saturated heterocycles. The molecule has 3 aromatic rings. The molecule has 0 aromatic heterocycles. The molecule has 0 aliphatic rings. The first-order chi connectivity index (χ1) is 16.3. The average molecular weight is 546 g/mol. The van der Waals surface area contributed by atoms with Gasteiger partial charge < -0.3 is 20.1 Å². The molecular weight excluding hydrogens is 524 g/mol. The molecule has 2 N–H and O–H groups in total. The van der Waals surface area contributed by atoms with Crippen LogP contribution in [0.15, 0.2) is 71.2 Å². The van der Waals surface area contributed by atoms with E-state index in [-0.39, 0.29) is 18.7 Å². The Labute approximate surface area is 210 Å². The van der Waals surface area contributed by atoms with Crippen LogP contribution in [0.1, 0.15) is 18.4 Å². The van der Waals surface area contributed by atoms with Crippen LogP contribution in [0.2, 0.25) is 5.02 Å². The number of hydrogen-bond acceptors (Lipinski definition) is 5. The van der Waals surface area contributed by atoms with Gasteiger partial charge in [-0.1, -0.05) is 29.8 Å². The minimum Gasteiger partial charge on any atom is -0.457 e. The Balaban J connectivity index is 1.38. The van der Waals surface area contributed by atoms with E-state index in [9.17, 15) is 14.4 Å². The molecule has 3 aromatic carbocycles. The lowest BCUT2D eigenvalue weighted by atomic mass is 10.2. The summed E-state index contributed by atoms with van der Waals surface area (Å²) in [7, 11) is 0. The molecule has 0 saturated carbocycles. The maximum Gasteiger partial charge on any atom is 0.306 e. The Bertz CT molecular complexity index is 1170. The summed E-state index contributed by atoms with van der Waals surface area (Å²) >= 11 is 9.44. The lowest BCUT2D eigenvalue weighted by Crippen LogP contribution is -2.22. The summed E-state index contributed by atoms with van der Waals surface area (Å²) < 4.78 is 11.4. The average Bonchev–Trinajstić information content (AvgIpc) is 2.84. The molecule has 2 amide bonds. The highest BCUT2D eigenvalue weighted by Crippen LogP contribution is 2.31. The number of para-hydroxylation sites is 1. The summed E-state index contributed by atoms with van der Waals surface area (Å²) in [4.78, 5) is 36.1. The highest BCUT2D eigenvalue weighted by molar-refractivity contribution is 9.10. The van der Waals surface area contributed by atoms with Crippen LogP contribution in [-0.4, -0.2) is 24.4 Å². The largest absolute Gasteiger partial charge is 0.457 e. The lowest BCUT2D eigenvalue weighted by Gasteiger charge is -2.11. The van der Waals surface area contributed by atoms with E-state index in [0.717, 1.165) is 0 Å². The normalized spacial score (nSPS) is 10.3. The van der Waals surface area contributed by atoms with Gasteiger partial charge in [-0.25, -0.2) is 0 Å². The first-order valence-corrected chi connectivity index (χ1v) is 11.5. The highest BCUT2D eigenvalue weighted by atomic mass is 79.9. The van der Waals surface area contributed by atoms with Crippen molar-refractivity contribution in [1.29, 1.82) is 0 Å². The maximum atomic E-state index is 12.1. The first kappa shape index (κ1) is 25.3. The van der Waals surface area contributed by atoms with E-state index < -0.39 is 18.5 Å². The van der Waals surface area contributed by atoms with Crippen LogP contribution in [0, 0.1) is 6.92 Å². The summed E-state index contributed by atoms with van der Waals surface area (Å²) in [6, 6.07) is 19.6. The predicted molar refractivity (Wildman–Crippen MR) is 134 cm³/mol. The Morgan fingerprint density at radius 2 is 1.53 bits per heavy atom. The molecule has 0 fully saturated rings. The van der Waals surface area contributed by atoms with E-state index in [1.165, 1.54) is 0 Å². The number of rotatable bonds is 9. The van der Waals surface area contributed by atoms with Gasteiger partial charge in [0, 0.05) is 22.3 Å². The monoisotopic (exact) mass is 544 g/mol. The molecule has 34 heavy (non-hydrogen) atoms. The maximum absolute atomic E-state index is 12.1. The van der Waals surface area contributed by atoms with Crippen LogP contribution in [-0.2, 0) is 19.1 Å². The van der Waals surface area contributed by atoms with Crippen molar-refractivity contribution in [2.75, 3.05) is 17.2 Å². The van der Waals surface area contributed by atoms with Crippen molar-refractivity contribution in [3.05, 3.63) is 81.8 Å². The Morgan fingerprint density at radius 1 is 0.853 bits per heavy atom. The third-order valence-corrected chi connectivity index (χ3v) is 6.03. The van der Waals surface area contributed by atoms with Gasteiger partial charge in [0.25, 0.3) is 5.91 Å². The quantitative estimate of drug-likeness (QED) is 0.317. The van der Waals surface area contributed by atoms with Crippen LogP contribution < -0.4 is 15.4 Å².